The Morgan fingerprint density at radius 1 is 1.00 bits per heavy atom. The van der Waals surface area contributed by atoms with Crippen molar-refractivity contribution in [2.45, 2.75) is 26.9 Å². The molecule has 2 aromatic carbocycles. The Morgan fingerprint density at radius 2 is 1.66 bits per heavy atom. The SMILES string of the molecule is COc1cc(/C=C/C(=O)OC(C)C(=O)c2ccc(NC(=O)C(C)C)cc2)cc(Cl)c1OC. The number of carbonyl (C=O) groups is 3. The number of ketones is 1. The molecule has 0 spiro atoms. The number of esters is 1. The summed E-state index contributed by atoms with van der Waals surface area (Å²) in [6.45, 7) is 5.07. The molecule has 1 amide bonds. The molecule has 32 heavy (non-hydrogen) atoms. The first kappa shape index (κ1) is 24.9. The molecule has 0 aliphatic rings. The third-order valence-electron chi connectivity index (χ3n) is 4.49. The summed E-state index contributed by atoms with van der Waals surface area (Å²) in [7, 11) is 2.96. The van der Waals surface area contributed by atoms with Gasteiger partial charge < -0.3 is 19.5 Å². The maximum atomic E-state index is 12.6. The van der Waals surface area contributed by atoms with Gasteiger partial charge in [-0.05, 0) is 55.0 Å². The maximum absolute atomic E-state index is 12.6. The number of hydrogen-bond donors (Lipinski definition) is 1. The van der Waals surface area contributed by atoms with Crippen molar-refractivity contribution in [1.29, 1.82) is 0 Å². The van der Waals surface area contributed by atoms with E-state index >= 15 is 0 Å². The highest BCUT2D eigenvalue weighted by molar-refractivity contribution is 6.32. The number of nitrogens with one attached hydrogen (secondary N) is 1. The third kappa shape index (κ3) is 6.59. The molecule has 0 aromatic heterocycles. The van der Waals surface area contributed by atoms with E-state index in [0.29, 0.717) is 33.3 Å². The fourth-order valence-corrected chi connectivity index (χ4v) is 3.00. The van der Waals surface area contributed by atoms with E-state index in [-0.39, 0.29) is 17.6 Å². The Bertz CT molecular complexity index is 1010. The van der Waals surface area contributed by atoms with Gasteiger partial charge in [-0.15, -0.1) is 0 Å². The summed E-state index contributed by atoms with van der Waals surface area (Å²) in [4.78, 5) is 36.5. The van der Waals surface area contributed by atoms with Gasteiger partial charge in [0.15, 0.2) is 17.6 Å². The molecule has 0 aliphatic heterocycles. The van der Waals surface area contributed by atoms with Gasteiger partial charge in [0.25, 0.3) is 0 Å². The van der Waals surface area contributed by atoms with E-state index in [9.17, 15) is 14.4 Å². The molecule has 0 bridgehead atoms. The smallest absolute Gasteiger partial charge is 0.331 e. The zero-order valence-corrected chi connectivity index (χ0v) is 19.4. The quantitative estimate of drug-likeness (QED) is 0.329. The average molecular weight is 460 g/mol. The van der Waals surface area contributed by atoms with Gasteiger partial charge in [-0.3, -0.25) is 9.59 Å². The fraction of sp³-hybridized carbons (Fsp3) is 0.292. The lowest BCUT2D eigenvalue weighted by molar-refractivity contribution is -0.140. The lowest BCUT2D eigenvalue weighted by Crippen LogP contribution is -2.23. The topological polar surface area (TPSA) is 90.9 Å². The summed E-state index contributed by atoms with van der Waals surface area (Å²) >= 11 is 6.15. The normalized spacial score (nSPS) is 11.8. The highest BCUT2D eigenvalue weighted by atomic mass is 35.5. The lowest BCUT2D eigenvalue weighted by atomic mass is 10.1. The number of Topliss-reactive ketones (excluding diaryl/α,β-unsaturated/α-hetero) is 1. The molecule has 1 unspecified atom stereocenters. The lowest BCUT2D eigenvalue weighted by Gasteiger charge is -2.12. The minimum Gasteiger partial charge on any atom is -0.493 e. The van der Waals surface area contributed by atoms with Crippen molar-refractivity contribution in [2.75, 3.05) is 19.5 Å². The van der Waals surface area contributed by atoms with Gasteiger partial charge in [-0.25, -0.2) is 4.79 Å². The zero-order valence-electron chi connectivity index (χ0n) is 18.6. The minimum atomic E-state index is -0.989. The van der Waals surface area contributed by atoms with Crippen LogP contribution in [0, 0.1) is 5.92 Å². The van der Waals surface area contributed by atoms with Crippen LogP contribution in [-0.4, -0.2) is 38.0 Å². The fourth-order valence-electron chi connectivity index (χ4n) is 2.70. The third-order valence-corrected chi connectivity index (χ3v) is 4.77. The van der Waals surface area contributed by atoms with Crippen LogP contribution in [0.4, 0.5) is 5.69 Å². The molecule has 0 heterocycles. The van der Waals surface area contributed by atoms with Crippen LogP contribution in [0.3, 0.4) is 0 Å². The second-order valence-corrected chi connectivity index (χ2v) is 7.64. The minimum absolute atomic E-state index is 0.117. The van der Waals surface area contributed by atoms with Gasteiger partial charge in [0.1, 0.15) is 0 Å². The van der Waals surface area contributed by atoms with E-state index in [4.69, 9.17) is 25.8 Å². The monoisotopic (exact) mass is 459 g/mol. The Balaban J connectivity index is 2.00. The molecule has 8 heteroatoms. The molecule has 170 valence electrons. The van der Waals surface area contributed by atoms with Gasteiger partial charge in [0, 0.05) is 23.2 Å². The molecule has 0 radical (unpaired) electrons. The molecule has 2 aromatic rings. The number of hydrogen-bond acceptors (Lipinski definition) is 6. The largest absolute Gasteiger partial charge is 0.493 e. The molecule has 0 fully saturated rings. The number of halogens is 1. The van der Waals surface area contributed by atoms with E-state index in [1.807, 2.05) is 0 Å². The van der Waals surface area contributed by atoms with Crippen molar-refractivity contribution in [3.8, 4) is 11.5 Å². The number of methoxy groups -OCH3 is 2. The van der Waals surface area contributed by atoms with Crippen LogP contribution in [0.5, 0.6) is 11.5 Å². The Hall–Kier alpha value is -3.32. The van der Waals surface area contributed by atoms with Crippen LogP contribution in [0.1, 0.15) is 36.7 Å². The summed E-state index contributed by atoms with van der Waals surface area (Å²) in [5, 5.41) is 3.08. The molecule has 0 saturated heterocycles. The zero-order chi connectivity index (χ0) is 23.8. The first-order chi connectivity index (χ1) is 15.2. The number of ether oxygens (including phenoxy) is 3. The van der Waals surface area contributed by atoms with Crippen molar-refractivity contribution in [1.82, 2.24) is 0 Å². The molecule has 0 aliphatic carbocycles. The van der Waals surface area contributed by atoms with E-state index in [1.165, 1.54) is 33.3 Å². The van der Waals surface area contributed by atoms with Crippen LogP contribution in [0.25, 0.3) is 6.08 Å². The second kappa shape index (κ2) is 11.3. The molecule has 0 saturated carbocycles. The van der Waals surface area contributed by atoms with Crippen LogP contribution >= 0.6 is 11.6 Å². The average Bonchev–Trinajstić information content (AvgIpc) is 2.77. The molecule has 2 rings (SSSR count). The number of anilines is 1. The van der Waals surface area contributed by atoms with Crippen LogP contribution in [0.15, 0.2) is 42.5 Å². The van der Waals surface area contributed by atoms with E-state index in [1.54, 1.807) is 50.2 Å². The summed E-state index contributed by atoms with van der Waals surface area (Å²) in [6.07, 6.45) is 1.71. The summed E-state index contributed by atoms with van der Waals surface area (Å²) in [5.74, 6) is -0.500. The first-order valence-corrected chi connectivity index (χ1v) is 10.3. The van der Waals surface area contributed by atoms with Crippen molar-refractivity contribution in [2.24, 2.45) is 5.92 Å². The van der Waals surface area contributed by atoms with Gasteiger partial charge >= 0.3 is 5.97 Å². The van der Waals surface area contributed by atoms with Gasteiger partial charge in [-0.2, -0.15) is 0 Å². The molecule has 1 N–H and O–H groups in total. The van der Waals surface area contributed by atoms with Crippen molar-refractivity contribution >= 4 is 41.0 Å². The van der Waals surface area contributed by atoms with E-state index < -0.39 is 12.1 Å². The van der Waals surface area contributed by atoms with Crippen molar-refractivity contribution in [3.05, 3.63) is 58.6 Å². The number of rotatable bonds is 9. The Labute approximate surface area is 192 Å². The maximum Gasteiger partial charge on any atom is 0.331 e. The number of carbonyl (C=O) groups excluding carboxylic acids is 3. The molecular formula is C24H26ClNO6. The first-order valence-electron chi connectivity index (χ1n) is 9.91. The summed E-state index contributed by atoms with van der Waals surface area (Å²) in [5.41, 5.74) is 1.55. The number of benzene rings is 2. The van der Waals surface area contributed by atoms with Crippen LogP contribution < -0.4 is 14.8 Å². The van der Waals surface area contributed by atoms with Crippen molar-refractivity contribution < 1.29 is 28.6 Å². The van der Waals surface area contributed by atoms with E-state index in [2.05, 4.69) is 5.32 Å². The summed E-state index contributed by atoms with van der Waals surface area (Å²) < 4.78 is 15.6. The molecular weight excluding hydrogens is 434 g/mol. The molecule has 1 atom stereocenters. The predicted octanol–water partition coefficient (Wildman–Crippen LogP) is 4.78. The molecule has 7 nitrogen and oxygen atoms in total. The van der Waals surface area contributed by atoms with E-state index in [0.717, 1.165) is 0 Å². The predicted molar refractivity (Wildman–Crippen MR) is 123 cm³/mol. The Kier molecular flexibility index (Phi) is 8.84. The highest BCUT2D eigenvalue weighted by Gasteiger charge is 2.19. The van der Waals surface area contributed by atoms with Crippen molar-refractivity contribution in [3.63, 3.8) is 0 Å². The Morgan fingerprint density at radius 3 is 2.22 bits per heavy atom. The number of amides is 1. The van der Waals surface area contributed by atoms with Gasteiger partial charge in [0.2, 0.25) is 11.7 Å². The van der Waals surface area contributed by atoms with Gasteiger partial charge in [0.05, 0.1) is 19.2 Å². The standard InChI is InChI=1S/C24H26ClNO6/c1-14(2)24(29)26-18-9-7-17(8-10-18)22(28)15(3)32-21(27)11-6-16-12-19(25)23(31-5)20(13-16)30-4/h6-15H,1-5H3,(H,26,29)/b11-6+. The summed E-state index contributed by atoms with van der Waals surface area (Å²) in [6, 6.07) is 9.67. The highest BCUT2D eigenvalue weighted by Crippen LogP contribution is 2.36. The van der Waals surface area contributed by atoms with Gasteiger partial charge in [-0.1, -0.05) is 25.4 Å². The second-order valence-electron chi connectivity index (χ2n) is 7.24. The van der Waals surface area contributed by atoms with Crippen LogP contribution in [0.2, 0.25) is 5.02 Å². The van der Waals surface area contributed by atoms with Crippen LogP contribution in [-0.2, 0) is 14.3 Å².